The molecule has 0 aliphatic rings. The van der Waals surface area contributed by atoms with Gasteiger partial charge in [0.2, 0.25) is 6.36 Å². The van der Waals surface area contributed by atoms with Gasteiger partial charge in [-0.2, -0.15) is 8.42 Å². The van der Waals surface area contributed by atoms with Gasteiger partial charge in [-0.05, 0) is 19.1 Å². The van der Waals surface area contributed by atoms with Crippen molar-refractivity contribution in [3.05, 3.63) is 30.3 Å². The SMILES string of the molecule is CC(F)OS(=O)(=O)Oc1ccccc1. The number of hydrogen-bond acceptors (Lipinski definition) is 4. The van der Waals surface area contributed by atoms with Gasteiger partial charge in [-0.25, -0.2) is 8.57 Å². The number of benzene rings is 1. The molecule has 78 valence electrons. The third-order valence-electron chi connectivity index (χ3n) is 1.19. The first kappa shape index (κ1) is 10.9. The third-order valence-corrected chi connectivity index (χ3v) is 2.09. The summed E-state index contributed by atoms with van der Waals surface area (Å²) >= 11 is 0. The summed E-state index contributed by atoms with van der Waals surface area (Å²) in [6.45, 7) is 0.950. The molecule has 6 heteroatoms. The van der Waals surface area contributed by atoms with Crippen molar-refractivity contribution >= 4 is 10.4 Å². The van der Waals surface area contributed by atoms with Crippen LogP contribution >= 0.6 is 0 Å². The minimum absolute atomic E-state index is 0.0770. The monoisotopic (exact) mass is 220 g/mol. The highest BCUT2D eigenvalue weighted by Crippen LogP contribution is 2.13. The van der Waals surface area contributed by atoms with Crippen molar-refractivity contribution in [2.45, 2.75) is 13.3 Å². The van der Waals surface area contributed by atoms with Gasteiger partial charge in [0.15, 0.2) is 0 Å². The Kier molecular flexibility index (Phi) is 3.43. The fourth-order valence-corrected chi connectivity index (χ4v) is 1.49. The van der Waals surface area contributed by atoms with Crippen LogP contribution in [0.5, 0.6) is 5.75 Å². The van der Waals surface area contributed by atoms with E-state index in [2.05, 4.69) is 8.37 Å². The number of alkyl halides is 1. The molecular formula is C8H9FO4S. The van der Waals surface area contributed by atoms with Crippen molar-refractivity contribution in [1.29, 1.82) is 0 Å². The van der Waals surface area contributed by atoms with Gasteiger partial charge in [0.25, 0.3) is 0 Å². The van der Waals surface area contributed by atoms with Crippen molar-refractivity contribution in [1.82, 2.24) is 0 Å². The lowest BCUT2D eigenvalue weighted by atomic mass is 10.3. The van der Waals surface area contributed by atoms with Crippen LogP contribution in [-0.4, -0.2) is 14.8 Å². The Morgan fingerprint density at radius 2 is 1.86 bits per heavy atom. The molecule has 0 heterocycles. The second-order valence-corrected chi connectivity index (χ2v) is 3.62. The molecule has 0 saturated heterocycles. The lowest BCUT2D eigenvalue weighted by Crippen LogP contribution is -2.16. The van der Waals surface area contributed by atoms with Crippen molar-refractivity contribution in [2.75, 3.05) is 0 Å². The summed E-state index contributed by atoms with van der Waals surface area (Å²) in [7, 11) is -4.31. The number of halogens is 1. The molecule has 1 aromatic carbocycles. The Bertz CT molecular complexity index is 374. The van der Waals surface area contributed by atoms with E-state index < -0.39 is 16.8 Å². The average Bonchev–Trinajstić information content (AvgIpc) is 2.02. The van der Waals surface area contributed by atoms with E-state index in [1.165, 1.54) is 12.1 Å². The summed E-state index contributed by atoms with van der Waals surface area (Å²) in [5.41, 5.74) is 0. The summed E-state index contributed by atoms with van der Waals surface area (Å²) < 4.78 is 42.4. The van der Waals surface area contributed by atoms with Crippen LogP contribution in [0.15, 0.2) is 30.3 Å². The normalized spacial score (nSPS) is 13.6. The summed E-state index contributed by atoms with van der Waals surface area (Å²) in [6, 6.07) is 7.71. The fraction of sp³-hybridized carbons (Fsp3) is 0.250. The number of hydrogen-bond donors (Lipinski definition) is 0. The minimum Gasteiger partial charge on any atom is -0.362 e. The highest BCUT2D eigenvalue weighted by atomic mass is 32.3. The van der Waals surface area contributed by atoms with E-state index in [1.807, 2.05) is 0 Å². The molecule has 4 nitrogen and oxygen atoms in total. The molecule has 1 aromatic rings. The molecule has 1 rings (SSSR count). The lowest BCUT2D eigenvalue weighted by Gasteiger charge is -2.06. The van der Waals surface area contributed by atoms with Gasteiger partial charge in [0, 0.05) is 0 Å². The van der Waals surface area contributed by atoms with Crippen LogP contribution in [0.4, 0.5) is 4.39 Å². The standard InChI is InChI=1S/C8H9FO4S/c1-7(9)12-14(10,11)13-8-5-3-2-4-6-8/h2-7H,1H3. The average molecular weight is 220 g/mol. The molecule has 0 amide bonds. The van der Waals surface area contributed by atoms with Gasteiger partial charge in [-0.3, -0.25) is 0 Å². The number of rotatable bonds is 4. The highest BCUT2D eigenvalue weighted by Gasteiger charge is 2.17. The van der Waals surface area contributed by atoms with E-state index in [-0.39, 0.29) is 5.75 Å². The predicted octanol–water partition coefficient (Wildman–Crippen LogP) is 1.64. The van der Waals surface area contributed by atoms with E-state index >= 15 is 0 Å². The molecule has 0 N–H and O–H groups in total. The Labute approximate surface area is 81.6 Å². The topological polar surface area (TPSA) is 52.6 Å². The maximum absolute atomic E-state index is 12.2. The first-order valence-electron chi connectivity index (χ1n) is 3.81. The molecule has 1 unspecified atom stereocenters. The smallest absolute Gasteiger partial charge is 0.362 e. The second kappa shape index (κ2) is 4.39. The summed E-state index contributed by atoms with van der Waals surface area (Å²) in [4.78, 5) is 0. The van der Waals surface area contributed by atoms with Gasteiger partial charge < -0.3 is 4.18 Å². The van der Waals surface area contributed by atoms with Crippen LogP contribution in [0.1, 0.15) is 6.92 Å². The van der Waals surface area contributed by atoms with E-state index in [1.54, 1.807) is 18.2 Å². The molecule has 0 aliphatic carbocycles. The quantitative estimate of drug-likeness (QED) is 0.774. The first-order valence-corrected chi connectivity index (χ1v) is 5.15. The molecule has 14 heavy (non-hydrogen) atoms. The Morgan fingerprint density at radius 1 is 1.29 bits per heavy atom. The number of para-hydroxylation sites is 1. The highest BCUT2D eigenvalue weighted by molar-refractivity contribution is 7.82. The predicted molar refractivity (Wildman–Crippen MR) is 47.6 cm³/mol. The van der Waals surface area contributed by atoms with Crippen molar-refractivity contribution in [3.8, 4) is 5.75 Å². The molecule has 0 aromatic heterocycles. The molecule has 0 radical (unpaired) electrons. The van der Waals surface area contributed by atoms with Crippen LogP contribution < -0.4 is 4.18 Å². The maximum atomic E-state index is 12.2. The van der Waals surface area contributed by atoms with E-state index in [0.717, 1.165) is 6.92 Å². The zero-order chi connectivity index (χ0) is 10.6. The van der Waals surface area contributed by atoms with Gasteiger partial charge in [0.05, 0.1) is 0 Å². The Balaban J connectivity index is 2.70. The van der Waals surface area contributed by atoms with Gasteiger partial charge in [0.1, 0.15) is 5.75 Å². The Morgan fingerprint density at radius 3 is 2.36 bits per heavy atom. The van der Waals surface area contributed by atoms with Gasteiger partial charge in [-0.1, -0.05) is 18.2 Å². The zero-order valence-electron chi connectivity index (χ0n) is 7.38. The molecular weight excluding hydrogens is 211 g/mol. The van der Waals surface area contributed by atoms with E-state index in [4.69, 9.17) is 0 Å². The first-order chi connectivity index (χ1) is 6.49. The second-order valence-electron chi connectivity index (χ2n) is 2.44. The molecule has 0 aliphatic heterocycles. The van der Waals surface area contributed by atoms with Crippen LogP contribution in [0.3, 0.4) is 0 Å². The van der Waals surface area contributed by atoms with Crippen molar-refractivity contribution < 1.29 is 21.2 Å². The van der Waals surface area contributed by atoms with Gasteiger partial charge in [-0.15, -0.1) is 0 Å². The van der Waals surface area contributed by atoms with Crippen LogP contribution in [0.2, 0.25) is 0 Å². The molecule has 1 atom stereocenters. The summed E-state index contributed by atoms with van der Waals surface area (Å²) in [6.07, 6.45) is -1.93. The molecule has 0 saturated carbocycles. The fourth-order valence-electron chi connectivity index (χ4n) is 0.776. The van der Waals surface area contributed by atoms with Crippen LogP contribution in [0.25, 0.3) is 0 Å². The lowest BCUT2D eigenvalue weighted by molar-refractivity contribution is 0.0809. The largest absolute Gasteiger partial charge is 0.451 e. The Hall–Kier alpha value is -1.14. The minimum atomic E-state index is -4.31. The van der Waals surface area contributed by atoms with Crippen LogP contribution in [0, 0.1) is 0 Å². The van der Waals surface area contributed by atoms with Crippen LogP contribution in [-0.2, 0) is 14.6 Å². The third kappa shape index (κ3) is 3.71. The van der Waals surface area contributed by atoms with Crippen molar-refractivity contribution in [2.24, 2.45) is 0 Å². The molecule has 0 fully saturated rings. The maximum Gasteiger partial charge on any atom is 0.451 e. The zero-order valence-corrected chi connectivity index (χ0v) is 8.20. The molecule has 0 bridgehead atoms. The van der Waals surface area contributed by atoms with E-state index in [9.17, 15) is 12.8 Å². The summed E-state index contributed by atoms with van der Waals surface area (Å²) in [5, 5.41) is 0. The summed E-state index contributed by atoms with van der Waals surface area (Å²) in [5.74, 6) is 0.0770. The van der Waals surface area contributed by atoms with E-state index in [0.29, 0.717) is 0 Å². The van der Waals surface area contributed by atoms with Gasteiger partial charge >= 0.3 is 10.4 Å². The molecule has 0 spiro atoms. The van der Waals surface area contributed by atoms with Crippen molar-refractivity contribution in [3.63, 3.8) is 0 Å².